The second kappa shape index (κ2) is 8.61. The van der Waals surface area contributed by atoms with E-state index in [1.54, 1.807) is 23.3 Å². The first-order chi connectivity index (χ1) is 14.5. The summed E-state index contributed by atoms with van der Waals surface area (Å²) >= 11 is 0. The summed E-state index contributed by atoms with van der Waals surface area (Å²) in [5, 5.41) is 4.49. The number of nitrogens with zero attached hydrogens (tertiary/aromatic N) is 4. The zero-order valence-electron chi connectivity index (χ0n) is 16.3. The largest absolute Gasteiger partial charge is 0.271 e. The van der Waals surface area contributed by atoms with Crippen LogP contribution in [0.4, 0.5) is 8.78 Å². The number of rotatable bonds is 7. The predicted molar refractivity (Wildman–Crippen MR) is 108 cm³/mol. The van der Waals surface area contributed by atoms with Crippen LogP contribution >= 0.6 is 0 Å². The fraction of sp³-hybridized carbons (Fsp3) is 0.333. The van der Waals surface area contributed by atoms with E-state index in [0.29, 0.717) is 12.8 Å². The first kappa shape index (κ1) is 20.6. The third-order valence-corrected chi connectivity index (χ3v) is 7.39. The van der Waals surface area contributed by atoms with Gasteiger partial charge < -0.3 is 0 Å². The van der Waals surface area contributed by atoms with Crippen LogP contribution in [0, 0.1) is 11.6 Å². The van der Waals surface area contributed by atoms with E-state index in [2.05, 4.69) is 10.1 Å². The number of hydrogen-bond acceptors (Lipinski definition) is 4. The highest BCUT2D eigenvalue weighted by atomic mass is 32.2. The smallest absolute Gasteiger partial charge is 0.249 e. The summed E-state index contributed by atoms with van der Waals surface area (Å²) in [6.45, 7) is 0.356. The molecule has 1 fully saturated rings. The quantitative estimate of drug-likeness (QED) is 0.569. The second-order valence-corrected chi connectivity index (χ2v) is 9.13. The normalized spacial score (nSPS) is 15.2. The van der Waals surface area contributed by atoms with Gasteiger partial charge in [0.1, 0.15) is 11.6 Å². The lowest BCUT2D eigenvalue weighted by Gasteiger charge is -2.28. The predicted octanol–water partition coefficient (Wildman–Crippen LogP) is 3.86. The minimum Gasteiger partial charge on any atom is -0.271 e. The lowest BCUT2D eigenvalue weighted by molar-refractivity contribution is 0.303. The molecule has 1 aliphatic rings. The Balaban J connectivity index is 1.59. The molecule has 0 aliphatic heterocycles. The molecule has 2 aromatic heterocycles. The molecule has 1 aliphatic carbocycles. The van der Waals surface area contributed by atoms with Gasteiger partial charge in [-0.15, -0.1) is 0 Å². The van der Waals surface area contributed by atoms with Crippen molar-refractivity contribution in [1.29, 1.82) is 0 Å². The van der Waals surface area contributed by atoms with Crippen LogP contribution in [0.2, 0.25) is 0 Å². The zero-order chi connectivity index (χ0) is 21.1. The Bertz CT molecular complexity index is 1090. The Labute approximate surface area is 174 Å². The van der Waals surface area contributed by atoms with Crippen molar-refractivity contribution in [1.82, 2.24) is 19.1 Å². The van der Waals surface area contributed by atoms with Gasteiger partial charge in [-0.3, -0.25) is 9.67 Å². The van der Waals surface area contributed by atoms with Crippen LogP contribution in [-0.2, 0) is 16.6 Å². The monoisotopic (exact) mass is 432 g/mol. The molecule has 9 heteroatoms. The van der Waals surface area contributed by atoms with E-state index in [0.717, 1.165) is 42.3 Å². The molecule has 0 unspecified atom stereocenters. The molecule has 0 atom stereocenters. The van der Waals surface area contributed by atoms with Gasteiger partial charge in [-0.05, 0) is 43.2 Å². The number of pyridine rings is 1. The van der Waals surface area contributed by atoms with Crippen molar-refractivity contribution in [3.8, 4) is 11.3 Å². The van der Waals surface area contributed by atoms with E-state index in [1.165, 1.54) is 4.31 Å². The van der Waals surface area contributed by atoms with Crippen molar-refractivity contribution in [3.63, 3.8) is 0 Å². The summed E-state index contributed by atoms with van der Waals surface area (Å²) in [6, 6.07) is 8.33. The van der Waals surface area contributed by atoms with Gasteiger partial charge in [0.2, 0.25) is 10.0 Å². The number of sulfonamides is 1. The maximum Gasteiger partial charge on any atom is 0.249 e. The fourth-order valence-corrected chi connectivity index (χ4v) is 5.69. The minimum atomic E-state index is -4.33. The highest BCUT2D eigenvalue weighted by molar-refractivity contribution is 7.89. The highest BCUT2D eigenvalue weighted by Gasteiger charge is 2.36. The number of hydrogen-bond donors (Lipinski definition) is 0. The van der Waals surface area contributed by atoms with E-state index >= 15 is 0 Å². The minimum absolute atomic E-state index is 0.0816. The standard InChI is InChI=1S/C21H22F2N4O2S/c22-18-6-3-7-19(23)21(18)30(28,29)27(17-4-1-2-5-17)15-14-26-13-10-20(25-26)16-8-11-24-12-9-16/h3,6-13,17H,1-2,4-5,14-15H2. The Morgan fingerprint density at radius 3 is 2.37 bits per heavy atom. The average Bonchev–Trinajstić information content (AvgIpc) is 3.41. The highest BCUT2D eigenvalue weighted by Crippen LogP contribution is 2.31. The molecule has 158 valence electrons. The summed E-state index contributed by atoms with van der Waals surface area (Å²) < 4.78 is 57.9. The second-order valence-electron chi connectivity index (χ2n) is 7.30. The Morgan fingerprint density at radius 2 is 1.70 bits per heavy atom. The third kappa shape index (κ3) is 4.13. The van der Waals surface area contributed by atoms with Gasteiger partial charge in [-0.25, -0.2) is 17.2 Å². The molecular weight excluding hydrogens is 410 g/mol. The summed E-state index contributed by atoms with van der Waals surface area (Å²) in [5.74, 6) is -2.14. The van der Waals surface area contributed by atoms with Gasteiger partial charge in [0.25, 0.3) is 0 Å². The molecule has 0 bridgehead atoms. The third-order valence-electron chi connectivity index (χ3n) is 5.38. The van der Waals surface area contributed by atoms with Gasteiger partial charge in [-0.1, -0.05) is 18.9 Å². The van der Waals surface area contributed by atoms with Crippen molar-refractivity contribution >= 4 is 10.0 Å². The summed E-state index contributed by atoms with van der Waals surface area (Å²) in [7, 11) is -4.33. The molecule has 0 spiro atoms. The molecule has 3 aromatic rings. The molecule has 2 heterocycles. The van der Waals surface area contributed by atoms with Crippen molar-refractivity contribution < 1.29 is 17.2 Å². The Morgan fingerprint density at radius 1 is 1.03 bits per heavy atom. The van der Waals surface area contributed by atoms with Crippen LogP contribution in [0.25, 0.3) is 11.3 Å². The summed E-state index contributed by atoms with van der Waals surface area (Å²) in [6.07, 6.45) is 8.25. The van der Waals surface area contributed by atoms with Crippen LogP contribution in [-0.4, -0.2) is 40.1 Å². The lowest BCUT2D eigenvalue weighted by atomic mass is 10.2. The molecule has 30 heavy (non-hydrogen) atoms. The van der Waals surface area contributed by atoms with Gasteiger partial charge >= 0.3 is 0 Å². The molecule has 1 aromatic carbocycles. The SMILES string of the molecule is O=S(=O)(c1c(F)cccc1F)N(CCn1ccc(-c2ccncc2)n1)C1CCCC1. The van der Waals surface area contributed by atoms with E-state index in [1.807, 2.05) is 18.2 Å². The average molecular weight is 432 g/mol. The van der Waals surface area contributed by atoms with Gasteiger partial charge in [-0.2, -0.15) is 9.40 Å². The number of halogens is 2. The first-order valence-corrected chi connectivity index (χ1v) is 11.3. The number of benzene rings is 1. The van der Waals surface area contributed by atoms with Gasteiger partial charge in [0.15, 0.2) is 4.90 Å². The zero-order valence-corrected chi connectivity index (χ0v) is 17.1. The fourth-order valence-electron chi connectivity index (χ4n) is 3.90. The van der Waals surface area contributed by atoms with E-state index < -0.39 is 26.6 Å². The van der Waals surface area contributed by atoms with Crippen LogP contribution in [0.3, 0.4) is 0 Å². The Hall–Kier alpha value is -2.65. The first-order valence-electron chi connectivity index (χ1n) is 9.86. The van der Waals surface area contributed by atoms with E-state index in [4.69, 9.17) is 0 Å². The van der Waals surface area contributed by atoms with Gasteiger partial charge in [0, 0.05) is 36.7 Å². The van der Waals surface area contributed by atoms with Crippen LogP contribution < -0.4 is 0 Å². The summed E-state index contributed by atoms with van der Waals surface area (Å²) in [4.78, 5) is 3.10. The molecule has 0 N–H and O–H groups in total. The van der Waals surface area contributed by atoms with Crippen molar-refractivity contribution in [2.24, 2.45) is 0 Å². The topological polar surface area (TPSA) is 68.1 Å². The molecule has 1 saturated carbocycles. The lowest BCUT2D eigenvalue weighted by Crippen LogP contribution is -2.41. The van der Waals surface area contributed by atoms with E-state index in [-0.39, 0.29) is 19.1 Å². The molecule has 6 nitrogen and oxygen atoms in total. The van der Waals surface area contributed by atoms with Crippen LogP contribution in [0.5, 0.6) is 0 Å². The van der Waals surface area contributed by atoms with Crippen molar-refractivity contribution in [2.45, 2.75) is 43.2 Å². The van der Waals surface area contributed by atoms with Crippen LogP contribution in [0.15, 0.2) is 59.9 Å². The van der Waals surface area contributed by atoms with E-state index in [9.17, 15) is 17.2 Å². The maximum absolute atomic E-state index is 14.3. The molecule has 0 amide bonds. The van der Waals surface area contributed by atoms with Crippen molar-refractivity contribution in [3.05, 3.63) is 66.6 Å². The molecule has 4 rings (SSSR count). The Kier molecular flexibility index (Phi) is 5.92. The molecule has 0 radical (unpaired) electrons. The summed E-state index contributed by atoms with van der Waals surface area (Å²) in [5.41, 5.74) is 1.64. The molecular formula is C21H22F2N4O2S. The molecule has 0 saturated heterocycles. The number of aromatic nitrogens is 3. The van der Waals surface area contributed by atoms with Crippen LogP contribution in [0.1, 0.15) is 25.7 Å². The van der Waals surface area contributed by atoms with Gasteiger partial charge in [0.05, 0.1) is 12.2 Å². The maximum atomic E-state index is 14.3. The van der Waals surface area contributed by atoms with Crippen molar-refractivity contribution in [2.75, 3.05) is 6.54 Å².